The van der Waals surface area contributed by atoms with Crippen molar-refractivity contribution in [1.29, 1.82) is 0 Å². The van der Waals surface area contributed by atoms with Gasteiger partial charge < -0.3 is 29.2 Å². The first-order valence-electron chi connectivity index (χ1n) is 16.8. The van der Waals surface area contributed by atoms with Crippen LogP contribution in [-0.4, -0.2) is 102 Å². The number of fused-ring (bicyclic) bond motifs is 8. The van der Waals surface area contributed by atoms with E-state index in [1.54, 1.807) is 29.2 Å². The van der Waals surface area contributed by atoms with E-state index in [0.29, 0.717) is 102 Å². The Morgan fingerprint density at radius 3 is 2.80 bits per heavy atom. The summed E-state index contributed by atoms with van der Waals surface area (Å²) < 4.78 is 44.5. The highest BCUT2D eigenvalue weighted by Crippen LogP contribution is 2.35. The summed E-state index contributed by atoms with van der Waals surface area (Å²) in [6.45, 7) is 4.08. The first-order valence-corrected chi connectivity index (χ1v) is 16.8. The largest absolute Gasteiger partial charge is 0.494 e. The van der Waals surface area contributed by atoms with Crippen molar-refractivity contribution < 1.29 is 23.0 Å². The molecule has 0 saturated carbocycles. The minimum Gasteiger partial charge on any atom is -0.494 e. The summed E-state index contributed by atoms with van der Waals surface area (Å²) in [6, 6.07) is 8.01. The van der Waals surface area contributed by atoms with E-state index in [-0.39, 0.29) is 18.1 Å². The van der Waals surface area contributed by atoms with Crippen LogP contribution in [0.25, 0.3) is 39.0 Å². The molecule has 0 radical (unpaired) electrons. The Kier molecular flexibility index (Phi) is 7.49. The molecule has 2 fully saturated rings. The van der Waals surface area contributed by atoms with E-state index in [0.717, 1.165) is 5.52 Å². The third kappa shape index (κ3) is 5.37. The summed E-state index contributed by atoms with van der Waals surface area (Å²) in [5.74, 6) is 0.986. The fraction of sp³-hybridized carbons (Fsp3) is 0.343. The van der Waals surface area contributed by atoms with Crippen molar-refractivity contribution in [2.24, 2.45) is 0 Å². The van der Waals surface area contributed by atoms with Gasteiger partial charge in [-0.1, -0.05) is 0 Å². The summed E-state index contributed by atoms with van der Waals surface area (Å²) in [5, 5.41) is 8.66. The summed E-state index contributed by atoms with van der Waals surface area (Å²) in [7, 11) is 1.47. The molecule has 51 heavy (non-hydrogen) atoms. The molecular formula is C35H33F2N11O3. The Morgan fingerprint density at radius 1 is 1.02 bits per heavy atom. The highest BCUT2D eigenvalue weighted by atomic mass is 19.1. The number of rotatable bonds is 3. The maximum absolute atomic E-state index is 15.0. The van der Waals surface area contributed by atoms with Gasteiger partial charge in [-0.3, -0.25) is 4.79 Å². The van der Waals surface area contributed by atoms with Gasteiger partial charge >= 0.3 is 0 Å². The Hall–Kier alpha value is -5.77. The maximum Gasteiger partial charge on any atom is 0.245 e. The lowest BCUT2D eigenvalue weighted by atomic mass is 10.1. The van der Waals surface area contributed by atoms with Crippen LogP contribution < -0.4 is 15.0 Å². The third-order valence-corrected chi connectivity index (χ3v) is 9.88. The number of aryl methyl sites for hydroxylation is 1. The number of aromatic nitrogens is 8. The fourth-order valence-corrected chi connectivity index (χ4v) is 7.62. The highest BCUT2D eigenvalue weighted by Gasteiger charge is 2.42. The zero-order valence-corrected chi connectivity index (χ0v) is 27.8. The van der Waals surface area contributed by atoms with Gasteiger partial charge in [-0.15, -0.1) is 0 Å². The number of nitrogens with zero attached hydrogens (tertiary/aromatic N) is 10. The molecule has 4 aromatic heterocycles. The van der Waals surface area contributed by atoms with Gasteiger partial charge in [0.2, 0.25) is 11.9 Å². The maximum atomic E-state index is 15.0. The van der Waals surface area contributed by atoms with Crippen LogP contribution in [-0.2, 0) is 16.1 Å². The number of halogens is 2. The molecule has 16 heteroatoms. The van der Waals surface area contributed by atoms with E-state index in [9.17, 15) is 9.18 Å². The van der Waals surface area contributed by atoms with Gasteiger partial charge in [0.1, 0.15) is 47.1 Å². The Labute approximate surface area is 290 Å². The SMILES string of the molecule is COc1cc(F)ccc1-n1ncc2c(N3C[C@@H]4C[C@H]3C(=O)N3CCCO[C@@H](C3)Cn3c(C)nc5cc(F)cc(c53)-c3ccnc(n3)N4)ncnc21. The number of amides is 1. The molecule has 2 aromatic carbocycles. The first-order chi connectivity index (χ1) is 24.8. The van der Waals surface area contributed by atoms with Gasteiger partial charge in [0.15, 0.2) is 5.65 Å². The minimum atomic E-state index is -0.593. The summed E-state index contributed by atoms with van der Waals surface area (Å²) in [6.07, 6.45) is 5.50. The smallest absolute Gasteiger partial charge is 0.245 e. The van der Waals surface area contributed by atoms with E-state index in [1.807, 2.05) is 21.3 Å². The van der Waals surface area contributed by atoms with Crippen molar-refractivity contribution in [2.75, 3.05) is 43.6 Å². The number of hydrogen-bond acceptors (Lipinski definition) is 11. The molecule has 9 rings (SSSR count). The van der Waals surface area contributed by atoms with Crippen LogP contribution in [0.3, 0.4) is 0 Å². The molecule has 0 aliphatic carbocycles. The quantitative estimate of drug-likeness (QED) is 0.289. The van der Waals surface area contributed by atoms with Crippen molar-refractivity contribution in [2.45, 2.75) is 44.5 Å². The van der Waals surface area contributed by atoms with Gasteiger partial charge in [0, 0.05) is 56.2 Å². The molecular weight excluding hydrogens is 660 g/mol. The monoisotopic (exact) mass is 693 g/mol. The van der Waals surface area contributed by atoms with Crippen molar-refractivity contribution in [3.05, 3.63) is 72.6 Å². The molecule has 260 valence electrons. The topological polar surface area (TPSA) is 141 Å². The van der Waals surface area contributed by atoms with Gasteiger partial charge in [-0.25, -0.2) is 38.4 Å². The number of anilines is 2. The number of imidazole rings is 1. The molecule has 0 unspecified atom stereocenters. The highest BCUT2D eigenvalue weighted by molar-refractivity contribution is 5.94. The molecule has 6 bridgehead atoms. The zero-order valence-electron chi connectivity index (χ0n) is 27.8. The molecule has 6 aromatic rings. The van der Waals surface area contributed by atoms with Crippen LogP contribution >= 0.6 is 0 Å². The summed E-state index contributed by atoms with van der Waals surface area (Å²) in [4.78, 5) is 41.8. The minimum absolute atomic E-state index is 0.0475. The Balaban J connectivity index is 1.15. The van der Waals surface area contributed by atoms with Crippen LogP contribution in [0.15, 0.2) is 55.1 Å². The number of ether oxygens (including phenoxy) is 2. The number of carbonyl (C=O) groups is 1. The molecule has 1 amide bonds. The molecule has 2 saturated heterocycles. The number of hydrogen-bond donors (Lipinski definition) is 1. The standard InChI is InChI=1S/C35H33F2N11O3/c1-19-42-27-11-21(37)10-24-26-6-7-38-35(44-26)43-22-13-29(34(49)45-8-3-9-51-23(16-45)17-46(19)31(24)27)47(15-22)32-25-14-41-48(33(25)40-18-39-32)28-5-4-20(36)12-30(28)50-2/h4-7,10-12,14,18,22-23,29H,3,8-9,13,15-17H2,1-2H3,(H,38,43,44)/t22-,23-,29-/m0/s1. The predicted molar refractivity (Wildman–Crippen MR) is 183 cm³/mol. The zero-order chi connectivity index (χ0) is 34.8. The van der Waals surface area contributed by atoms with E-state index in [1.165, 1.54) is 37.7 Å². The van der Waals surface area contributed by atoms with Crippen molar-refractivity contribution in [1.82, 2.24) is 44.2 Å². The first kappa shape index (κ1) is 31.2. The van der Waals surface area contributed by atoms with Gasteiger partial charge in [0.25, 0.3) is 0 Å². The predicted octanol–water partition coefficient (Wildman–Crippen LogP) is 3.91. The number of methoxy groups -OCH3 is 1. The molecule has 1 N–H and O–H groups in total. The molecule has 14 nitrogen and oxygen atoms in total. The Bertz CT molecular complexity index is 2330. The van der Waals surface area contributed by atoms with Crippen molar-refractivity contribution in [3.63, 3.8) is 0 Å². The van der Waals surface area contributed by atoms with Crippen LogP contribution in [0.4, 0.5) is 20.5 Å². The second-order valence-electron chi connectivity index (χ2n) is 13.0. The van der Waals surface area contributed by atoms with Crippen LogP contribution in [0, 0.1) is 18.6 Å². The lowest BCUT2D eigenvalue weighted by Crippen LogP contribution is -2.48. The van der Waals surface area contributed by atoms with Gasteiger partial charge in [-0.05, 0) is 44.0 Å². The lowest BCUT2D eigenvalue weighted by Gasteiger charge is -2.31. The second-order valence-corrected chi connectivity index (χ2v) is 13.0. The Morgan fingerprint density at radius 2 is 1.92 bits per heavy atom. The van der Waals surface area contributed by atoms with Crippen LogP contribution in [0.1, 0.15) is 18.7 Å². The number of carbonyl (C=O) groups excluding carboxylic acids is 1. The lowest BCUT2D eigenvalue weighted by molar-refractivity contribution is -0.133. The number of benzene rings is 2. The average Bonchev–Trinajstić information content (AvgIpc) is 3.77. The molecule has 3 aliphatic heterocycles. The normalized spacial score (nSPS) is 20.6. The summed E-state index contributed by atoms with van der Waals surface area (Å²) >= 11 is 0. The van der Waals surface area contributed by atoms with E-state index in [4.69, 9.17) is 14.5 Å². The molecule has 7 heterocycles. The molecule has 3 aliphatic rings. The van der Waals surface area contributed by atoms with Gasteiger partial charge in [-0.2, -0.15) is 5.10 Å². The van der Waals surface area contributed by atoms with Crippen molar-refractivity contribution in [3.8, 4) is 22.7 Å². The van der Waals surface area contributed by atoms with Crippen LogP contribution in [0.5, 0.6) is 5.75 Å². The van der Waals surface area contributed by atoms with E-state index < -0.39 is 17.7 Å². The fourth-order valence-electron chi connectivity index (χ4n) is 7.62. The second kappa shape index (κ2) is 12.2. The van der Waals surface area contributed by atoms with Gasteiger partial charge in [0.05, 0.1) is 48.1 Å². The van der Waals surface area contributed by atoms with E-state index >= 15 is 4.39 Å². The van der Waals surface area contributed by atoms with Crippen LogP contribution in [0.2, 0.25) is 0 Å². The van der Waals surface area contributed by atoms with E-state index in [2.05, 4.69) is 30.4 Å². The molecule has 0 spiro atoms. The van der Waals surface area contributed by atoms with Crippen molar-refractivity contribution >= 4 is 39.7 Å². The number of nitrogens with one attached hydrogen (secondary N) is 1. The summed E-state index contributed by atoms with van der Waals surface area (Å²) in [5.41, 5.74) is 3.39. The average molecular weight is 694 g/mol. The third-order valence-electron chi connectivity index (χ3n) is 9.88. The molecule has 3 atom stereocenters.